The summed E-state index contributed by atoms with van der Waals surface area (Å²) in [5.41, 5.74) is 0. The van der Waals surface area contributed by atoms with Crippen molar-refractivity contribution in [3.8, 4) is 0 Å². The van der Waals surface area contributed by atoms with Crippen LogP contribution in [0.2, 0.25) is 0 Å². The number of unbranched alkanes of at least 4 members (excludes halogenated alkanes) is 16. The SMILES string of the molecule is CCCCCCCC/C=C\CCCCCCCC(=O)N[C@H]1[C@@H](OCCCCCCCC)O[C@H](CO)[C@H]2O[C@](C)(OCC)[C@@](C)(OCC)O[C@H]12. The summed E-state index contributed by atoms with van der Waals surface area (Å²) >= 11 is 0. The maximum Gasteiger partial charge on any atom is 0.220 e. The highest BCUT2D eigenvalue weighted by atomic mass is 16.8. The van der Waals surface area contributed by atoms with Gasteiger partial charge in [-0.05, 0) is 66.2 Å². The first kappa shape index (κ1) is 44.1. The Labute approximate surface area is 299 Å². The Morgan fingerprint density at radius 3 is 1.71 bits per heavy atom. The van der Waals surface area contributed by atoms with Crippen LogP contribution in [0.15, 0.2) is 12.2 Å². The molecular formula is C40H75NO8. The lowest BCUT2D eigenvalue weighted by Crippen LogP contribution is -2.75. The second-order valence-electron chi connectivity index (χ2n) is 14.2. The fourth-order valence-electron chi connectivity index (χ4n) is 6.94. The Hall–Kier alpha value is -1.07. The fourth-order valence-corrected chi connectivity index (χ4v) is 6.94. The zero-order valence-corrected chi connectivity index (χ0v) is 32.3. The molecule has 2 aliphatic rings. The molecule has 2 saturated heterocycles. The van der Waals surface area contributed by atoms with Gasteiger partial charge in [0.15, 0.2) is 6.29 Å². The van der Waals surface area contributed by atoms with Crippen molar-refractivity contribution in [1.82, 2.24) is 5.32 Å². The van der Waals surface area contributed by atoms with Crippen molar-refractivity contribution >= 4 is 5.91 Å². The van der Waals surface area contributed by atoms with Gasteiger partial charge in [-0.25, -0.2) is 0 Å². The van der Waals surface area contributed by atoms with Crippen molar-refractivity contribution in [2.75, 3.05) is 26.4 Å². The molecule has 0 aromatic heterocycles. The molecule has 0 radical (unpaired) electrons. The lowest BCUT2D eigenvalue weighted by atomic mass is 9.92. The molecule has 2 heterocycles. The molecule has 2 rings (SSSR count). The summed E-state index contributed by atoms with van der Waals surface area (Å²) in [5, 5.41) is 13.6. The molecule has 2 aliphatic heterocycles. The smallest absolute Gasteiger partial charge is 0.220 e. The molecule has 0 unspecified atom stereocenters. The van der Waals surface area contributed by atoms with Crippen molar-refractivity contribution < 1.29 is 38.3 Å². The summed E-state index contributed by atoms with van der Waals surface area (Å²) < 4.78 is 38.0. The minimum absolute atomic E-state index is 0.0690. The van der Waals surface area contributed by atoms with E-state index in [9.17, 15) is 9.90 Å². The highest BCUT2D eigenvalue weighted by molar-refractivity contribution is 5.76. The predicted molar refractivity (Wildman–Crippen MR) is 196 cm³/mol. The Morgan fingerprint density at radius 2 is 1.18 bits per heavy atom. The van der Waals surface area contributed by atoms with Crippen LogP contribution in [0.3, 0.4) is 0 Å². The quantitative estimate of drug-likeness (QED) is 0.0590. The highest BCUT2D eigenvalue weighted by Crippen LogP contribution is 2.44. The molecule has 0 saturated carbocycles. The van der Waals surface area contributed by atoms with Gasteiger partial charge in [0.2, 0.25) is 17.5 Å². The number of aliphatic hydroxyl groups excluding tert-OH is 1. The van der Waals surface area contributed by atoms with Crippen LogP contribution in [-0.2, 0) is 33.2 Å². The average Bonchev–Trinajstić information content (AvgIpc) is 3.08. The van der Waals surface area contributed by atoms with Crippen molar-refractivity contribution in [2.45, 2.75) is 212 Å². The molecule has 2 fully saturated rings. The van der Waals surface area contributed by atoms with E-state index in [2.05, 4.69) is 31.3 Å². The first-order valence-electron chi connectivity index (χ1n) is 20.2. The third-order valence-corrected chi connectivity index (χ3v) is 9.99. The maximum absolute atomic E-state index is 13.4. The van der Waals surface area contributed by atoms with E-state index in [1.54, 1.807) is 6.92 Å². The molecule has 1 amide bonds. The first-order valence-corrected chi connectivity index (χ1v) is 20.2. The molecule has 288 valence electrons. The van der Waals surface area contributed by atoms with E-state index >= 15 is 0 Å². The molecule has 0 aromatic rings. The number of aliphatic hydroxyl groups is 1. The molecular weight excluding hydrogens is 622 g/mol. The van der Waals surface area contributed by atoms with E-state index in [-0.39, 0.29) is 12.5 Å². The van der Waals surface area contributed by atoms with Crippen molar-refractivity contribution in [1.29, 1.82) is 0 Å². The highest BCUT2D eigenvalue weighted by Gasteiger charge is 2.63. The van der Waals surface area contributed by atoms with E-state index in [1.165, 1.54) is 83.5 Å². The van der Waals surface area contributed by atoms with Crippen LogP contribution in [-0.4, -0.2) is 79.7 Å². The molecule has 9 heteroatoms. The van der Waals surface area contributed by atoms with Gasteiger partial charge in [0, 0.05) is 26.2 Å². The van der Waals surface area contributed by atoms with Gasteiger partial charge in [-0.2, -0.15) is 0 Å². The summed E-state index contributed by atoms with van der Waals surface area (Å²) in [6.07, 6.45) is 24.8. The molecule has 2 N–H and O–H groups in total. The second-order valence-corrected chi connectivity index (χ2v) is 14.2. The van der Waals surface area contributed by atoms with Gasteiger partial charge in [-0.3, -0.25) is 4.79 Å². The van der Waals surface area contributed by atoms with Crippen molar-refractivity contribution in [2.24, 2.45) is 0 Å². The van der Waals surface area contributed by atoms with E-state index in [0.717, 1.165) is 38.5 Å². The van der Waals surface area contributed by atoms with Crippen LogP contribution < -0.4 is 5.32 Å². The topological polar surface area (TPSA) is 105 Å². The van der Waals surface area contributed by atoms with Gasteiger partial charge in [0.25, 0.3) is 0 Å². The Morgan fingerprint density at radius 1 is 0.694 bits per heavy atom. The van der Waals surface area contributed by atoms with Gasteiger partial charge >= 0.3 is 0 Å². The lowest BCUT2D eigenvalue weighted by Gasteiger charge is -2.57. The molecule has 0 spiro atoms. The summed E-state index contributed by atoms with van der Waals surface area (Å²) in [7, 11) is 0. The Kier molecular flexibility index (Phi) is 23.2. The Bertz CT molecular complexity index is 873. The summed E-state index contributed by atoms with van der Waals surface area (Å²) in [4.78, 5) is 13.4. The number of carbonyl (C=O) groups is 1. The van der Waals surface area contributed by atoms with Crippen LogP contribution in [0.25, 0.3) is 0 Å². The van der Waals surface area contributed by atoms with Gasteiger partial charge in [-0.15, -0.1) is 0 Å². The molecule has 49 heavy (non-hydrogen) atoms. The van der Waals surface area contributed by atoms with E-state index in [4.69, 9.17) is 28.4 Å². The Balaban J connectivity index is 1.92. The standard InChI is InChI=1S/C40H75NO8/c1-7-11-13-15-17-18-19-20-21-22-23-24-25-26-28-30-34(43)41-35-37-36(48-39(5,45-9-3)40(6,49-37)46-10-4)33(32-42)47-38(35)44-31-29-27-16-14-12-8-2/h20-21,33,35-38,42H,7-19,22-32H2,1-6H3,(H,41,43)/b21-20-/t33-,35-,36-,37-,38+,39+,40+/m1/s1. The number of hydrogen-bond donors (Lipinski definition) is 2. The zero-order chi connectivity index (χ0) is 35.8. The second kappa shape index (κ2) is 25.8. The number of fused-ring (bicyclic) bond motifs is 1. The minimum atomic E-state index is -1.26. The zero-order valence-electron chi connectivity index (χ0n) is 32.3. The fraction of sp³-hybridized carbons (Fsp3) is 0.925. The number of ether oxygens (including phenoxy) is 6. The first-order chi connectivity index (χ1) is 23.8. The van der Waals surface area contributed by atoms with E-state index in [1.807, 2.05) is 20.8 Å². The van der Waals surface area contributed by atoms with E-state index < -0.39 is 42.2 Å². The molecule has 0 aliphatic carbocycles. The summed E-state index contributed by atoms with van der Waals surface area (Å²) in [5.74, 6) is -2.58. The number of rotatable bonds is 29. The van der Waals surface area contributed by atoms with Gasteiger partial charge in [0.1, 0.15) is 24.4 Å². The van der Waals surface area contributed by atoms with Crippen LogP contribution in [0, 0.1) is 0 Å². The largest absolute Gasteiger partial charge is 0.394 e. The van der Waals surface area contributed by atoms with Gasteiger partial charge in [-0.1, -0.05) is 109 Å². The van der Waals surface area contributed by atoms with Gasteiger partial charge in [0.05, 0.1) is 6.61 Å². The van der Waals surface area contributed by atoms with Crippen LogP contribution >= 0.6 is 0 Å². The number of hydrogen-bond acceptors (Lipinski definition) is 8. The molecule has 7 atom stereocenters. The third-order valence-electron chi connectivity index (χ3n) is 9.99. The van der Waals surface area contributed by atoms with Crippen LogP contribution in [0.1, 0.15) is 170 Å². The molecule has 9 nitrogen and oxygen atoms in total. The maximum atomic E-state index is 13.4. The van der Waals surface area contributed by atoms with Crippen LogP contribution in [0.4, 0.5) is 0 Å². The third kappa shape index (κ3) is 15.6. The average molecular weight is 698 g/mol. The summed E-state index contributed by atoms with van der Waals surface area (Å²) in [6.45, 7) is 12.8. The predicted octanol–water partition coefficient (Wildman–Crippen LogP) is 8.89. The number of nitrogens with one attached hydrogen (secondary N) is 1. The van der Waals surface area contributed by atoms with Crippen LogP contribution in [0.5, 0.6) is 0 Å². The normalized spacial score (nSPS) is 28.6. The number of allylic oxidation sites excluding steroid dienone is 2. The molecule has 0 aromatic carbocycles. The number of amides is 1. The van der Waals surface area contributed by atoms with E-state index in [0.29, 0.717) is 26.2 Å². The minimum Gasteiger partial charge on any atom is -0.394 e. The number of carbonyl (C=O) groups excluding carboxylic acids is 1. The molecule has 0 bridgehead atoms. The van der Waals surface area contributed by atoms with Crippen molar-refractivity contribution in [3.05, 3.63) is 12.2 Å². The monoisotopic (exact) mass is 698 g/mol. The lowest BCUT2D eigenvalue weighted by molar-refractivity contribution is -0.478. The van der Waals surface area contributed by atoms with Gasteiger partial charge < -0.3 is 38.8 Å². The summed E-state index contributed by atoms with van der Waals surface area (Å²) in [6, 6.07) is -0.644. The van der Waals surface area contributed by atoms with Crippen molar-refractivity contribution in [3.63, 3.8) is 0 Å².